The van der Waals surface area contributed by atoms with Crippen LogP contribution in [-0.2, 0) is 0 Å². The maximum Gasteiger partial charge on any atom is 0.107 e. The second kappa shape index (κ2) is 5.74. The Hall–Kier alpha value is 0.0900. The lowest BCUT2D eigenvalue weighted by atomic mass is 10.0. The molecule has 13 heavy (non-hydrogen) atoms. The van der Waals surface area contributed by atoms with Gasteiger partial charge in [0.2, 0.25) is 0 Å². The Morgan fingerprint density at radius 1 is 1.15 bits per heavy atom. The van der Waals surface area contributed by atoms with Crippen molar-refractivity contribution in [3.05, 3.63) is 0 Å². The minimum atomic E-state index is -1.12. The zero-order valence-corrected chi connectivity index (χ0v) is 7.94. The quantitative estimate of drug-likeness (QED) is 0.342. The molecule has 0 aliphatic carbocycles. The molecule has 0 saturated carbocycles. The summed E-state index contributed by atoms with van der Waals surface area (Å²) in [6, 6.07) is -0.244. The van der Waals surface area contributed by atoms with Gasteiger partial charge in [0.05, 0.1) is 18.8 Å². The molecule has 0 aromatic rings. The summed E-state index contributed by atoms with van der Waals surface area (Å²) < 4.78 is 0. The lowest BCUT2D eigenvalue weighted by molar-refractivity contribution is -0.0517. The zero-order valence-electron chi connectivity index (χ0n) is 7.13. The van der Waals surface area contributed by atoms with Gasteiger partial charge in [-0.05, 0) is 6.42 Å². The molecule has 6 heteroatoms. The Morgan fingerprint density at radius 3 is 2.31 bits per heavy atom. The Labute approximate surface area is 82.8 Å². The van der Waals surface area contributed by atoms with E-state index >= 15 is 0 Å². The molecule has 1 heterocycles. The topological polar surface area (TPSA) is 93.0 Å². The molecule has 1 aliphatic rings. The van der Waals surface area contributed by atoms with Crippen molar-refractivity contribution in [2.45, 2.75) is 30.8 Å². The Kier molecular flexibility index (Phi) is 5.78. The van der Waals surface area contributed by atoms with Crippen LogP contribution in [0.3, 0.4) is 0 Å². The normalized spacial score (nSPS) is 40.6. The van der Waals surface area contributed by atoms with E-state index in [-0.39, 0.29) is 38.0 Å². The van der Waals surface area contributed by atoms with Crippen LogP contribution in [0.2, 0.25) is 0 Å². The molecule has 0 aromatic carbocycles. The SMILES string of the molecule is Cl.OC[C@@H]1C[C@@H](O)[C@H](O)[C@H](O)CN1. The Bertz CT molecular complexity index is 148. The number of aliphatic hydroxyl groups is 4. The van der Waals surface area contributed by atoms with Gasteiger partial charge in [0.15, 0.2) is 0 Å². The minimum Gasteiger partial charge on any atom is -0.395 e. The summed E-state index contributed by atoms with van der Waals surface area (Å²) in [6.45, 7) is 0.0972. The van der Waals surface area contributed by atoms with Crippen LogP contribution in [0.1, 0.15) is 6.42 Å². The van der Waals surface area contributed by atoms with Gasteiger partial charge in [-0.1, -0.05) is 0 Å². The third-order valence-corrected chi connectivity index (χ3v) is 2.15. The summed E-state index contributed by atoms with van der Waals surface area (Å²) in [6.07, 6.45) is -2.79. The van der Waals surface area contributed by atoms with E-state index in [0.717, 1.165) is 0 Å². The highest BCUT2D eigenvalue weighted by atomic mass is 35.5. The number of rotatable bonds is 1. The first-order valence-electron chi connectivity index (χ1n) is 4.03. The molecule has 0 aromatic heterocycles. The van der Waals surface area contributed by atoms with Crippen LogP contribution < -0.4 is 5.32 Å². The molecule has 80 valence electrons. The van der Waals surface area contributed by atoms with Gasteiger partial charge in [0, 0.05) is 12.6 Å². The van der Waals surface area contributed by atoms with E-state index in [4.69, 9.17) is 5.11 Å². The number of hydrogen-bond donors (Lipinski definition) is 5. The van der Waals surface area contributed by atoms with Gasteiger partial charge in [0.1, 0.15) is 6.10 Å². The second-order valence-electron chi connectivity index (χ2n) is 3.15. The van der Waals surface area contributed by atoms with Crippen LogP contribution >= 0.6 is 12.4 Å². The summed E-state index contributed by atoms with van der Waals surface area (Å²) in [5, 5.41) is 39.3. The van der Waals surface area contributed by atoms with Crippen molar-refractivity contribution in [2.75, 3.05) is 13.2 Å². The van der Waals surface area contributed by atoms with E-state index in [1.165, 1.54) is 0 Å². The average molecular weight is 214 g/mol. The van der Waals surface area contributed by atoms with Gasteiger partial charge >= 0.3 is 0 Å². The second-order valence-corrected chi connectivity index (χ2v) is 3.15. The van der Waals surface area contributed by atoms with Crippen LogP contribution in [-0.4, -0.2) is 57.9 Å². The van der Waals surface area contributed by atoms with E-state index in [1.54, 1.807) is 0 Å². The maximum absolute atomic E-state index is 9.27. The fourth-order valence-corrected chi connectivity index (χ4v) is 1.32. The maximum atomic E-state index is 9.27. The van der Waals surface area contributed by atoms with Crippen molar-refractivity contribution in [3.8, 4) is 0 Å². The molecule has 0 amide bonds. The predicted molar refractivity (Wildman–Crippen MR) is 48.8 cm³/mol. The van der Waals surface area contributed by atoms with Crippen molar-refractivity contribution in [1.82, 2.24) is 5.32 Å². The fraction of sp³-hybridized carbons (Fsp3) is 1.00. The van der Waals surface area contributed by atoms with E-state index in [1.807, 2.05) is 0 Å². The van der Waals surface area contributed by atoms with Crippen molar-refractivity contribution in [2.24, 2.45) is 0 Å². The fourth-order valence-electron chi connectivity index (χ4n) is 1.32. The van der Waals surface area contributed by atoms with Gasteiger partial charge in [-0.15, -0.1) is 12.4 Å². The first-order valence-corrected chi connectivity index (χ1v) is 4.03. The number of β-amino-alcohol motifs (C(OH)–C–C–N with tert-alkyl or cyclic N) is 1. The Morgan fingerprint density at radius 2 is 1.77 bits per heavy atom. The molecule has 1 fully saturated rings. The largest absolute Gasteiger partial charge is 0.395 e. The molecule has 0 spiro atoms. The predicted octanol–water partition coefficient (Wildman–Crippen LogP) is -2.15. The summed E-state index contributed by atoms with van der Waals surface area (Å²) in [5.74, 6) is 0. The summed E-state index contributed by atoms with van der Waals surface area (Å²) in [4.78, 5) is 0. The van der Waals surface area contributed by atoms with Crippen molar-refractivity contribution < 1.29 is 20.4 Å². The monoisotopic (exact) mass is 213 g/mol. The van der Waals surface area contributed by atoms with Gasteiger partial charge in [-0.25, -0.2) is 0 Å². The third kappa shape index (κ3) is 3.38. The molecule has 0 radical (unpaired) electrons. The van der Waals surface area contributed by atoms with Gasteiger partial charge < -0.3 is 25.7 Å². The smallest absolute Gasteiger partial charge is 0.107 e. The highest BCUT2D eigenvalue weighted by Gasteiger charge is 2.30. The molecular formula is C7H16ClNO4. The van der Waals surface area contributed by atoms with Gasteiger partial charge in [0.25, 0.3) is 0 Å². The highest BCUT2D eigenvalue weighted by Crippen LogP contribution is 2.10. The van der Waals surface area contributed by atoms with Crippen molar-refractivity contribution >= 4 is 12.4 Å². The molecule has 0 unspecified atom stereocenters. The zero-order chi connectivity index (χ0) is 9.14. The van der Waals surface area contributed by atoms with Crippen LogP contribution in [0, 0.1) is 0 Å². The van der Waals surface area contributed by atoms with E-state index < -0.39 is 18.3 Å². The minimum absolute atomic E-state index is 0. The number of hydrogen-bond acceptors (Lipinski definition) is 5. The molecule has 5 nitrogen and oxygen atoms in total. The van der Waals surface area contributed by atoms with Crippen LogP contribution in [0.5, 0.6) is 0 Å². The molecule has 0 bridgehead atoms. The highest BCUT2D eigenvalue weighted by molar-refractivity contribution is 5.85. The van der Waals surface area contributed by atoms with E-state index in [9.17, 15) is 15.3 Å². The lowest BCUT2D eigenvalue weighted by Crippen LogP contribution is -2.39. The number of aliphatic hydroxyl groups excluding tert-OH is 4. The average Bonchev–Trinajstić information content (AvgIpc) is 2.19. The van der Waals surface area contributed by atoms with Crippen LogP contribution in [0.15, 0.2) is 0 Å². The van der Waals surface area contributed by atoms with Crippen LogP contribution in [0.4, 0.5) is 0 Å². The number of nitrogens with one attached hydrogen (secondary N) is 1. The van der Waals surface area contributed by atoms with Crippen molar-refractivity contribution in [1.29, 1.82) is 0 Å². The van der Waals surface area contributed by atoms with Crippen molar-refractivity contribution in [3.63, 3.8) is 0 Å². The molecular weight excluding hydrogens is 198 g/mol. The van der Waals surface area contributed by atoms with E-state index in [2.05, 4.69) is 5.32 Å². The summed E-state index contributed by atoms with van der Waals surface area (Å²) in [5.41, 5.74) is 0. The van der Waals surface area contributed by atoms with Gasteiger partial charge in [-0.2, -0.15) is 0 Å². The molecule has 4 atom stereocenters. The summed E-state index contributed by atoms with van der Waals surface area (Å²) >= 11 is 0. The third-order valence-electron chi connectivity index (χ3n) is 2.15. The lowest BCUT2D eigenvalue weighted by Gasteiger charge is -2.18. The molecule has 5 N–H and O–H groups in total. The standard InChI is InChI=1S/C7H15NO4.ClH/c9-3-4-1-5(10)7(12)6(11)2-8-4;/h4-12H,1-3H2;1H/t4-,5+,6+,7-;/m0./s1. The van der Waals surface area contributed by atoms with Crippen LogP contribution in [0.25, 0.3) is 0 Å². The molecule has 1 rings (SSSR count). The van der Waals surface area contributed by atoms with Gasteiger partial charge in [-0.3, -0.25) is 0 Å². The number of halogens is 1. The first-order chi connectivity index (χ1) is 5.65. The van der Waals surface area contributed by atoms with E-state index in [0.29, 0.717) is 0 Å². The molecule has 1 aliphatic heterocycles. The Balaban J connectivity index is 0.00000144. The first kappa shape index (κ1) is 13.1. The molecule has 1 saturated heterocycles. The summed E-state index contributed by atoms with van der Waals surface area (Å²) in [7, 11) is 0.